The van der Waals surface area contributed by atoms with E-state index in [2.05, 4.69) is 11.4 Å². The molecule has 0 spiro atoms. The van der Waals surface area contributed by atoms with Gasteiger partial charge in [-0.2, -0.15) is 5.26 Å². The Balaban J connectivity index is 1.69. The number of carbonyl (C=O) groups excluding carboxylic acids is 1. The molecule has 3 rings (SSSR count). The molecule has 8 heteroatoms. The summed E-state index contributed by atoms with van der Waals surface area (Å²) in [6.07, 6.45) is 4.04. The lowest BCUT2D eigenvalue weighted by Crippen LogP contribution is -2.20. The average molecular weight is 416 g/mol. The molecule has 0 aliphatic heterocycles. The molecule has 1 aromatic carbocycles. The van der Waals surface area contributed by atoms with Gasteiger partial charge in [0.05, 0.1) is 20.6 Å². The monoisotopic (exact) mass is 414 g/mol. The van der Waals surface area contributed by atoms with E-state index in [0.717, 1.165) is 31.2 Å². The maximum atomic E-state index is 12.2. The quantitative estimate of drug-likeness (QED) is 0.673. The van der Waals surface area contributed by atoms with Gasteiger partial charge in [-0.05, 0) is 37.3 Å². The highest BCUT2D eigenvalue weighted by atomic mass is 35.5. The van der Waals surface area contributed by atoms with Crippen LogP contribution in [0.1, 0.15) is 28.8 Å². The number of nitrogens with one attached hydrogen (secondary N) is 1. The van der Waals surface area contributed by atoms with Crippen molar-refractivity contribution in [2.75, 3.05) is 11.9 Å². The normalized spacial score (nSPS) is 13.0. The molecule has 0 unspecified atom stereocenters. The zero-order valence-electron chi connectivity index (χ0n) is 13.0. The molecule has 1 aliphatic rings. The molecule has 4 nitrogen and oxygen atoms in total. The summed E-state index contributed by atoms with van der Waals surface area (Å²) in [4.78, 5) is 13.4. The number of hydrogen-bond acceptors (Lipinski definition) is 4. The molecule has 2 aromatic rings. The number of carbonyl (C=O) groups is 1. The third-order valence-corrected chi connectivity index (χ3v) is 6.09. The van der Waals surface area contributed by atoms with Crippen LogP contribution >= 0.6 is 46.1 Å². The lowest BCUT2D eigenvalue weighted by atomic mass is 9.96. The Labute approximate surface area is 164 Å². The number of benzene rings is 1. The van der Waals surface area contributed by atoms with Gasteiger partial charge < -0.3 is 10.1 Å². The second-order valence-electron chi connectivity index (χ2n) is 5.56. The van der Waals surface area contributed by atoms with E-state index in [4.69, 9.17) is 39.5 Å². The zero-order valence-corrected chi connectivity index (χ0v) is 16.1. The average Bonchev–Trinajstić information content (AvgIpc) is 2.93. The molecule has 0 atom stereocenters. The number of aryl methyl sites for hydroxylation is 1. The second-order valence-corrected chi connectivity index (χ2v) is 7.89. The Morgan fingerprint density at radius 2 is 1.92 bits per heavy atom. The van der Waals surface area contributed by atoms with Crippen molar-refractivity contribution in [1.29, 1.82) is 5.26 Å². The number of halogens is 3. The molecule has 0 saturated carbocycles. The Bertz CT molecular complexity index is 874. The van der Waals surface area contributed by atoms with Crippen molar-refractivity contribution in [3.63, 3.8) is 0 Å². The van der Waals surface area contributed by atoms with E-state index in [1.807, 2.05) is 0 Å². The third kappa shape index (κ3) is 4.04. The summed E-state index contributed by atoms with van der Waals surface area (Å²) >= 11 is 19.3. The highest BCUT2D eigenvalue weighted by molar-refractivity contribution is 7.16. The summed E-state index contributed by atoms with van der Waals surface area (Å²) in [5.74, 6) is -0.0885. The molecular formula is C17H13Cl3N2O2S. The topological polar surface area (TPSA) is 62.1 Å². The number of anilines is 1. The van der Waals surface area contributed by atoms with E-state index in [1.165, 1.54) is 28.3 Å². The Morgan fingerprint density at radius 1 is 1.20 bits per heavy atom. The first kappa shape index (κ1) is 18.3. The Kier molecular flexibility index (Phi) is 5.75. The number of hydrogen-bond donors (Lipinski definition) is 1. The first-order valence-electron chi connectivity index (χ1n) is 7.61. The number of nitrogens with zero attached hydrogens (tertiary/aromatic N) is 1. The largest absolute Gasteiger partial charge is 0.482 e. The number of ether oxygens (including phenoxy) is 1. The number of thiophene rings is 1. The summed E-state index contributed by atoms with van der Waals surface area (Å²) in [6, 6.07) is 5.13. The van der Waals surface area contributed by atoms with Gasteiger partial charge in [0.25, 0.3) is 5.91 Å². The Morgan fingerprint density at radius 3 is 2.68 bits per heavy atom. The van der Waals surface area contributed by atoms with E-state index < -0.39 is 0 Å². The van der Waals surface area contributed by atoms with Gasteiger partial charge in [0.2, 0.25) is 0 Å². The van der Waals surface area contributed by atoms with Crippen LogP contribution < -0.4 is 10.1 Å². The lowest BCUT2D eigenvalue weighted by molar-refractivity contribution is -0.118. The fraction of sp³-hybridized carbons (Fsp3) is 0.294. The zero-order chi connectivity index (χ0) is 18.0. The van der Waals surface area contributed by atoms with Crippen molar-refractivity contribution >= 4 is 57.0 Å². The fourth-order valence-corrected chi connectivity index (χ4v) is 4.54. The van der Waals surface area contributed by atoms with Gasteiger partial charge in [-0.1, -0.05) is 34.8 Å². The van der Waals surface area contributed by atoms with E-state index >= 15 is 0 Å². The van der Waals surface area contributed by atoms with Crippen LogP contribution in [0.5, 0.6) is 5.75 Å². The molecular weight excluding hydrogens is 403 g/mol. The van der Waals surface area contributed by atoms with E-state index in [-0.39, 0.29) is 23.3 Å². The standard InChI is InChI=1S/C17H13Cl3N2O2S/c18-11-5-13(20)14(6-12(11)19)24-8-16(23)22-17-10(7-21)9-3-1-2-4-15(9)25-17/h5-6H,1-4,8H2,(H,22,23). The molecule has 1 amide bonds. The van der Waals surface area contributed by atoms with Gasteiger partial charge in [0, 0.05) is 10.9 Å². The number of nitriles is 1. The van der Waals surface area contributed by atoms with Crippen molar-refractivity contribution in [2.24, 2.45) is 0 Å². The highest BCUT2D eigenvalue weighted by Gasteiger charge is 2.22. The first-order chi connectivity index (χ1) is 12.0. The lowest BCUT2D eigenvalue weighted by Gasteiger charge is -2.10. The summed E-state index contributed by atoms with van der Waals surface area (Å²) < 4.78 is 5.42. The van der Waals surface area contributed by atoms with Crippen LogP contribution in [0.4, 0.5) is 5.00 Å². The predicted molar refractivity (Wildman–Crippen MR) is 101 cm³/mol. The molecule has 1 aromatic heterocycles. The van der Waals surface area contributed by atoms with E-state index in [0.29, 0.717) is 20.6 Å². The van der Waals surface area contributed by atoms with Gasteiger partial charge in [-0.25, -0.2) is 0 Å². The molecule has 130 valence electrons. The number of fused-ring (bicyclic) bond motifs is 1. The molecule has 0 radical (unpaired) electrons. The van der Waals surface area contributed by atoms with Crippen LogP contribution in [0.3, 0.4) is 0 Å². The SMILES string of the molecule is N#Cc1c(NC(=O)COc2cc(Cl)c(Cl)cc2Cl)sc2c1CCCC2. The maximum Gasteiger partial charge on any atom is 0.262 e. The number of amides is 1. The van der Waals surface area contributed by atoms with E-state index in [9.17, 15) is 10.1 Å². The van der Waals surface area contributed by atoms with Crippen molar-refractivity contribution < 1.29 is 9.53 Å². The summed E-state index contributed by atoms with van der Waals surface area (Å²) in [5, 5.41) is 13.6. The molecule has 0 saturated heterocycles. The van der Waals surface area contributed by atoms with E-state index in [1.54, 1.807) is 0 Å². The fourth-order valence-electron chi connectivity index (χ4n) is 2.69. The summed E-state index contributed by atoms with van der Waals surface area (Å²) in [7, 11) is 0. The van der Waals surface area contributed by atoms with Crippen molar-refractivity contribution in [3.05, 3.63) is 43.2 Å². The Hall–Kier alpha value is -1.45. The van der Waals surface area contributed by atoms with Gasteiger partial charge in [-0.15, -0.1) is 11.3 Å². The highest BCUT2D eigenvalue weighted by Crippen LogP contribution is 2.38. The molecule has 1 N–H and O–H groups in total. The maximum absolute atomic E-state index is 12.2. The van der Waals surface area contributed by atoms with Gasteiger partial charge in [0.1, 0.15) is 16.8 Å². The van der Waals surface area contributed by atoms with Crippen molar-refractivity contribution in [2.45, 2.75) is 25.7 Å². The van der Waals surface area contributed by atoms with Crippen molar-refractivity contribution in [1.82, 2.24) is 0 Å². The second kappa shape index (κ2) is 7.84. The van der Waals surface area contributed by atoms with Crippen LogP contribution in [-0.2, 0) is 17.6 Å². The van der Waals surface area contributed by atoms with Crippen LogP contribution in [0.15, 0.2) is 12.1 Å². The third-order valence-electron chi connectivity index (χ3n) is 3.87. The van der Waals surface area contributed by atoms with Crippen LogP contribution in [0.25, 0.3) is 0 Å². The van der Waals surface area contributed by atoms with Gasteiger partial charge >= 0.3 is 0 Å². The molecule has 1 heterocycles. The summed E-state index contributed by atoms with van der Waals surface area (Å²) in [5.41, 5.74) is 1.64. The van der Waals surface area contributed by atoms with Crippen LogP contribution in [0.2, 0.25) is 15.1 Å². The molecule has 0 bridgehead atoms. The minimum absolute atomic E-state index is 0.245. The molecule has 25 heavy (non-hydrogen) atoms. The van der Waals surface area contributed by atoms with Crippen LogP contribution in [0, 0.1) is 11.3 Å². The first-order valence-corrected chi connectivity index (χ1v) is 9.56. The predicted octanol–water partition coefficient (Wildman–Crippen LogP) is 5.48. The van der Waals surface area contributed by atoms with Gasteiger partial charge in [-0.3, -0.25) is 4.79 Å². The minimum atomic E-state index is -0.364. The van der Waals surface area contributed by atoms with Crippen molar-refractivity contribution in [3.8, 4) is 11.8 Å². The summed E-state index contributed by atoms with van der Waals surface area (Å²) in [6.45, 7) is -0.245. The number of rotatable bonds is 4. The molecule has 1 aliphatic carbocycles. The molecule has 0 fully saturated rings. The minimum Gasteiger partial charge on any atom is -0.482 e. The smallest absolute Gasteiger partial charge is 0.262 e. The van der Waals surface area contributed by atoms with Gasteiger partial charge in [0.15, 0.2) is 6.61 Å². The van der Waals surface area contributed by atoms with Crippen LogP contribution in [-0.4, -0.2) is 12.5 Å².